The van der Waals surface area contributed by atoms with Crippen LogP contribution < -0.4 is 0 Å². The minimum absolute atomic E-state index is 0.692. The second-order valence-electron chi connectivity index (χ2n) is 6.23. The Morgan fingerprint density at radius 1 is 0.857 bits per heavy atom. The molecule has 0 amide bonds. The van der Waals surface area contributed by atoms with Gasteiger partial charge in [0.25, 0.3) is 0 Å². The first kappa shape index (κ1) is 10.1. The maximum absolute atomic E-state index is 3.78. The lowest BCUT2D eigenvalue weighted by atomic mass is 9.45. The van der Waals surface area contributed by atoms with E-state index in [4.69, 9.17) is 0 Å². The van der Waals surface area contributed by atoms with Crippen LogP contribution in [0.25, 0.3) is 0 Å². The average molecular weight is 322 g/mol. The Balaban J connectivity index is 1.94. The summed E-state index contributed by atoms with van der Waals surface area (Å²) in [6.45, 7) is 0. The maximum Gasteiger partial charge on any atom is 0.00883 e. The zero-order valence-electron chi connectivity index (χ0n) is 8.57. The van der Waals surface area contributed by atoms with E-state index in [9.17, 15) is 0 Å². The van der Waals surface area contributed by atoms with Gasteiger partial charge in [0.15, 0.2) is 0 Å². The van der Waals surface area contributed by atoms with Crippen molar-refractivity contribution in [2.45, 2.75) is 38.5 Å². The zero-order chi connectivity index (χ0) is 9.81. The van der Waals surface area contributed by atoms with Crippen LogP contribution in [-0.2, 0) is 0 Å². The van der Waals surface area contributed by atoms with Gasteiger partial charge in [-0.3, -0.25) is 0 Å². The van der Waals surface area contributed by atoms with E-state index in [1.165, 1.54) is 42.8 Å². The Labute approximate surface area is 103 Å². The van der Waals surface area contributed by atoms with Crippen LogP contribution in [0.2, 0.25) is 0 Å². The van der Waals surface area contributed by atoms with E-state index in [1.54, 1.807) is 6.42 Å². The van der Waals surface area contributed by atoms with Gasteiger partial charge in [-0.05, 0) is 61.2 Å². The third-order valence-electron chi connectivity index (χ3n) is 4.87. The van der Waals surface area contributed by atoms with Crippen LogP contribution in [0, 0.1) is 22.7 Å². The number of hydrogen-bond acceptors (Lipinski definition) is 0. The van der Waals surface area contributed by atoms with Gasteiger partial charge in [0.2, 0.25) is 0 Å². The number of hydrogen-bond donors (Lipinski definition) is 0. The summed E-state index contributed by atoms with van der Waals surface area (Å²) in [5.41, 5.74) is 1.38. The predicted octanol–water partition coefficient (Wildman–Crippen LogP) is 4.36. The fourth-order valence-electron chi connectivity index (χ4n) is 4.96. The first-order valence-corrected chi connectivity index (χ1v) is 8.06. The lowest BCUT2D eigenvalue weighted by molar-refractivity contribution is -0.0858. The third kappa shape index (κ3) is 1.36. The van der Waals surface area contributed by atoms with Crippen molar-refractivity contribution in [3.05, 3.63) is 0 Å². The Bertz CT molecular complexity index is 213. The molecule has 4 fully saturated rings. The molecule has 14 heavy (non-hydrogen) atoms. The minimum Gasteiger partial charge on any atom is -0.0922 e. The van der Waals surface area contributed by atoms with Crippen molar-refractivity contribution >= 4 is 31.9 Å². The summed E-state index contributed by atoms with van der Waals surface area (Å²) in [5, 5.41) is 2.50. The number of halogens is 2. The van der Waals surface area contributed by atoms with Gasteiger partial charge >= 0.3 is 0 Å². The van der Waals surface area contributed by atoms with Crippen LogP contribution in [0.4, 0.5) is 0 Å². The summed E-state index contributed by atoms with van der Waals surface area (Å²) in [6.07, 6.45) is 9.10. The van der Waals surface area contributed by atoms with Gasteiger partial charge < -0.3 is 0 Å². The average Bonchev–Trinajstić information content (AvgIpc) is 2.16. The molecule has 4 bridgehead atoms. The standard InChI is InChI=1S/C12H18Br2/c13-7-11-2-9-1-10(4-11)5-12(3-9,6-11)8-14/h9-10H,1-8H2. The highest BCUT2D eigenvalue weighted by molar-refractivity contribution is 9.09. The van der Waals surface area contributed by atoms with Gasteiger partial charge in [-0.2, -0.15) is 0 Å². The fraction of sp³-hybridized carbons (Fsp3) is 1.00. The highest BCUT2D eigenvalue weighted by Gasteiger charge is 2.56. The summed E-state index contributed by atoms with van der Waals surface area (Å²) < 4.78 is 0. The minimum atomic E-state index is 0.692. The normalized spacial score (nSPS) is 55.3. The molecule has 0 saturated heterocycles. The third-order valence-corrected chi connectivity index (χ3v) is 7.25. The monoisotopic (exact) mass is 320 g/mol. The first-order chi connectivity index (χ1) is 6.69. The van der Waals surface area contributed by atoms with E-state index >= 15 is 0 Å². The number of alkyl halides is 2. The molecule has 2 heteroatoms. The van der Waals surface area contributed by atoms with E-state index in [1.807, 2.05) is 0 Å². The Hall–Kier alpha value is 0.960. The van der Waals surface area contributed by atoms with Crippen molar-refractivity contribution in [1.82, 2.24) is 0 Å². The Morgan fingerprint density at radius 3 is 1.64 bits per heavy atom. The molecule has 4 aliphatic rings. The molecule has 80 valence electrons. The molecular weight excluding hydrogens is 304 g/mol. The summed E-state index contributed by atoms with van der Waals surface area (Å²) >= 11 is 7.55. The smallest absolute Gasteiger partial charge is 0.00883 e. The lowest BCUT2D eigenvalue weighted by Crippen LogP contribution is -2.53. The Kier molecular flexibility index (Phi) is 2.34. The quantitative estimate of drug-likeness (QED) is 0.663. The topological polar surface area (TPSA) is 0 Å². The molecule has 4 aliphatic carbocycles. The van der Waals surface area contributed by atoms with Crippen LogP contribution in [0.5, 0.6) is 0 Å². The van der Waals surface area contributed by atoms with Crippen molar-refractivity contribution in [3.8, 4) is 0 Å². The molecule has 4 saturated carbocycles. The fourth-order valence-corrected chi connectivity index (χ4v) is 6.27. The largest absolute Gasteiger partial charge is 0.0922 e. The lowest BCUT2D eigenvalue weighted by Gasteiger charge is -2.61. The maximum atomic E-state index is 3.78. The molecule has 0 radical (unpaired) electrons. The molecule has 0 N–H and O–H groups in total. The second-order valence-corrected chi connectivity index (χ2v) is 7.35. The highest BCUT2D eigenvalue weighted by Crippen LogP contribution is 2.65. The van der Waals surface area contributed by atoms with Crippen LogP contribution in [0.1, 0.15) is 38.5 Å². The van der Waals surface area contributed by atoms with E-state index < -0.39 is 0 Å². The van der Waals surface area contributed by atoms with Gasteiger partial charge in [-0.15, -0.1) is 0 Å². The molecule has 0 spiro atoms. The van der Waals surface area contributed by atoms with E-state index in [2.05, 4.69) is 31.9 Å². The first-order valence-electron chi connectivity index (χ1n) is 5.81. The zero-order valence-corrected chi connectivity index (χ0v) is 11.7. The van der Waals surface area contributed by atoms with Crippen molar-refractivity contribution in [2.75, 3.05) is 10.7 Å². The van der Waals surface area contributed by atoms with Crippen molar-refractivity contribution < 1.29 is 0 Å². The van der Waals surface area contributed by atoms with Gasteiger partial charge in [0.1, 0.15) is 0 Å². The van der Waals surface area contributed by atoms with E-state index in [0.29, 0.717) is 10.8 Å². The molecule has 0 aliphatic heterocycles. The van der Waals surface area contributed by atoms with Crippen molar-refractivity contribution in [3.63, 3.8) is 0 Å². The van der Waals surface area contributed by atoms with E-state index in [0.717, 1.165) is 11.8 Å². The van der Waals surface area contributed by atoms with Gasteiger partial charge in [-0.25, -0.2) is 0 Å². The second kappa shape index (κ2) is 3.23. The molecule has 0 nitrogen and oxygen atoms in total. The van der Waals surface area contributed by atoms with Crippen LogP contribution in [-0.4, -0.2) is 10.7 Å². The van der Waals surface area contributed by atoms with Crippen LogP contribution in [0.15, 0.2) is 0 Å². The molecule has 0 aromatic carbocycles. The molecule has 0 aromatic rings. The van der Waals surface area contributed by atoms with Crippen LogP contribution in [0.3, 0.4) is 0 Å². The molecule has 0 aromatic heterocycles. The summed E-state index contributed by atoms with van der Waals surface area (Å²) in [7, 11) is 0. The van der Waals surface area contributed by atoms with E-state index in [-0.39, 0.29) is 0 Å². The molecular formula is C12H18Br2. The molecule has 0 unspecified atom stereocenters. The molecule has 4 rings (SSSR count). The van der Waals surface area contributed by atoms with Crippen molar-refractivity contribution in [1.29, 1.82) is 0 Å². The molecule has 0 atom stereocenters. The summed E-state index contributed by atoms with van der Waals surface area (Å²) in [4.78, 5) is 0. The summed E-state index contributed by atoms with van der Waals surface area (Å²) in [5.74, 6) is 2.12. The summed E-state index contributed by atoms with van der Waals surface area (Å²) in [6, 6.07) is 0. The Morgan fingerprint density at radius 2 is 1.29 bits per heavy atom. The SMILES string of the molecule is BrCC12CC3CC(C1)CC(CBr)(C3)C2. The number of rotatable bonds is 2. The highest BCUT2D eigenvalue weighted by atomic mass is 79.9. The molecule has 0 heterocycles. The van der Waals surface area contributed by atoms with Crippen LogP contribution >= 0.6 is 31.9 Å². The van der Waals surface area contributed by atoms with Crippen molar-refractivity contribution in [2.24, 2.45) is 22.7 Å². The van der Waals surface area contributed by atoms with Gasteiger partial charge in [0.05, 0.1) is 0 Å². The predicted molar refractivity (Wildman–Crippen MR) is 67.1 cm³/mol. The van der Waals surface area contributed by atoms with Gasteiger partial charge in [-0.1, -0.05) is 31.9 Å². The van der Waals surface area contributed by atoms with Gasteiger partial charge in [0, 0.05) is 10.7 Å².